The lowest BCUT2D eigenvalue weighted by Crippen LogP contribution is -2.09. The Morgan fingerprint density at radius 1 is 1.53 bits per heavy atom. The van der Waals surface area contributed by atoms with E-state index in [4.69, 9.17) is 22.1 Å². The fourth-order valence-corrected chi connectivity index (χ4v) is 2.13. The van der Waals surface area contributed by atoms with Gasteiger partial charge in [0.2, 0.25) is 0 Å². The van der Waals surface area contributed by atoms with Crippen LogP contribution in [0.15, 0.2) is 12.1 Å². The lowest BCUT2D eigenvalue weighted by Gasteiger charge is -2.15. The number of methoxy groups -OCH3 is 1. The van der Waals surface area contributed by atoms with Gasteiger partial charge in [-0.05, 0) is 30.5 Å². The minimum atomic E-state index is 0.0705. The summed E-state index contributed by atoms with van der Waals surface area (Å²) in [6.45, 7) is 0.948. The van der Waals surface area contributed by atoms with Crippen molar-refractivity contribution in [2.24, 2.45) is 5.73 Å². The number of anilines is 1. The Hall–Kier alpha value is -0.930. The van der Waals surface area contributed by atoms with Crippen molar-refractivity contribution < 1.29 is 4.74 Å². The molecule has 0 bridgehead atoms. The van der Waals surface area contributed by atoms with Gasteiger partial charge < -0.3 is 15.8 Å². The summed E-state index contributed by atoms with van der Waals surface area (Å²) in [7, 11) is 1.61. The highest BCUT2D eigenvalue weighted by molar-refractivity contribution is 6.32. The lowest BCUT2D eigenvalue weighted by molar-refractivity contribution is 0.414. The molecular formula is C11H15ClN2O. The third kappa shape index (κ3) is 2.03. The number of fused-ring (bicyclic) bond motifs is 1. The topological polar surface area (TPSA) is 47.3 Å². The zero-order valence-corrected chi connectivity index (χ0v) is 9.47. The Morgan fingerprint density at radius 3 is 3.07 bits per heavy atom. The molecule has 1 aliphatic rings. The van der Waals surface area contributed by atoms with E-state index < -0.39 is 0 Å². The summed E-state index contributed by atoms with van der Waals surface area (Å²) in [5.41, 5.74) is 8.21. The monoisotopic (exact) mass is 226 g/mol. The van der Waals surface area contributed by atoms with Crippen molar-refractivity contribution in [2.45, 2.75) is 18.9 Å². The molecule has 1 unspecified atom stereocenters. The third-order valence-corrected chi connectivity index (χ3v) is 3.03. The maximum atomic E-state index is 6.08. The quantitative estimate of drug-likeness (QED) is 0.774. The lowest BCUT2D eigenvalue weighted by atomic mass is 10.0. The molecule has 0 aromatic heterocycles. The van der Waals surface area contributed by atoms with Gasteiger partial charge in [-0.25, -0.2) is 0 Å². The zero-order valence-electron chi connectivity index (χ0n) is 8.72. The van der Waals surface area contributed by atoms with Crippen LogP contribution in [0.5, 0.6) is 5.75 Å². The highest BCUT2D eigenvalue weighted by atomic mass is 35.5. The minimum absolute atomic E-state index is 0.0705. The van der Waals surface area contributed by atoms with Crippen LogP contribution in [0.3, 0.4) is 0 Å². The largest absolute Gasteiger partial charge is 0.495 e. The molecule has 0 saturated heterocycles. The zero-order chi connectivity index (χ0) is 10.8. The average Bonchev–Trinajstić information content (AvgIpc) is 2.40. The van der Waals surface area contributed by atoms with E-state index in [0.29, 0.717) is 10.8 Å². The molecule has 0 radical (unpaired) electrons. The fraction of sp³-hybridized carbons (Fsp3) is 0.455. The summed E-state index contributed by atoms with van der Waals surface area (Å²) in [5.74, 6) is 0.689. The number of hydrogen-bond acceptors (Lipinski definition) is 3. The van der Waals surface area contributed by atoms with Gasteiger partial charge in [0, 0.05) is 18.3 Å². The molecule has 4 heteroatoms. The molecule has 1 aliphatic heterocycles. The van der Waals surface area contributed by atoms with Gasteiger partial charge in [-0.2, -0.15) is 0 Å². The van der Waals surface area contributed by atoms with Crippen molar-refractivity contribution in [1.29, 1.82) is 0 Å². The standard InChI is InChI=1S/C11H15ClN2O/c1-15-11-5-7-9(13)3-2-4-14-10(7)6-8(11)12/h5-6,9,14H,2-4,13H2,1H3. The number of nitrogens with two attached hydrogens (primary N) is 1. The summed E-state index contributed by atoms with van der Waals surface area (Å²) in [5, 5.41) is 3.95. The molecule has 0 fully saturated rings. The smallest absolute Gasteiger partial charge is 0.137 e. The summed E-state index contributed by atoms with van der Waals surface area (Å²) in [6, 6.07) is 3.89. The van der Waals surface area contributed by atoms with E-state index in [1.54, 1.807) is 7.11 Å². The first kappa shape index (κ1) is 10.6. The maximum Gasteiger partial charge on any atom is 0.137 e. The van der Waals surface area contributed by atoms with Gasteiger partial charge >= 0.3 is 0 Å². The second-order valence-corrected chi connectivity index (χ2v) is 4.16. The van der Waals surface area contributed by atoms with Crippen LogP contribution in [0.2, 0.25) is 5.02 Å². The second-order valence-electron chi connectivity index (χ2n) is 3.75. The number of hydrogen-bond donors (Lipinski definition) is 2. The third-order valence-electron chi connectivity index (χ3n) is 2.73. The molecule has 3 nitrogen and oxygen atoms in total. The van der Waals surface area contributed by atoms with E-state index in [0.717, 1.165) is 30.6 Å². The van der Waals surface area contributed by atoms with E-state index in [9.17, 15) is 0 Å². The predicted molar refractivity (Wildman–Crippen MR) is 62.7 cm³/mol. The van der Waals surface area contributed by atoms with Gasteiger partial charge in [-0.15, -0.1) is 0 Å². The van der Waals surface area contributed by atoms with Crippen molar-refractivity contribution in [3.63, 3.8) is 0 Å². The van der Waals surface area contributed by atoms with Crippen LogP contribution < -0.4 is 15.8 Å². The Bertz CT molecular complexity index is 368. The molecule has 0 aliphatic carbocycles. The van der Waals surface area contributed by atoms with Gasteiger partial charge in [0.25, 0.3) is 0 Å². The van der Waals surface area contributed by atoms with Crippen LogP contribution >= 0.6 is 11.6 Å². The number of halogens is 1. The molecule has 1 atom stereocenters. The highest BCUT2D eigenvalue weighted by Crippen LogP contribution is 2.36. The molecule has 0 amide bonds. The molecular weight excluding hydrogens is 212 g/mol. The maximum absolute atomic E-state index is 6.08. The number of benzene rings is 1. The minimum Gasteiger partial charge on any atom is -0.495 e. The molecule has 15 heavy (non-hydrogen) atoms. The molecule has 0 spiro atoms. The van der Waals surface area contributed by atoms with E-state index in [1.165, 1.54) is 0 Å². The molecule has 82 valence electrons. The van der Waals surface area contributed by atoms with Crippen LogP contribution in [0, 0.1) is 0 Å². The molecule has 2 rings (SSSR count). The predicted octanol–water partition coefficient (Wildman–Crippen LogP) is 2.55. The Balaban J connectivity index is 2.47. The van der Waals surface area contributed by atoms with Gasteiger partial charge in [0.05, 0.1) is 12.1 Å². The fourth-order valence-electron chi connectivity index (χ4n) is 1.89. The van der Waals surface area contributed by atoms with Crippen LogP contribution in [-0.2, 0) is 0 Å². The number of nitrogens with one attached hydrogen (secondary N) is 1. The number of ether oxygens (including phenoxy) is 1. The van der Waals surface area contributed by atoms with Gasteiger partial charge in [0.1, 0.15) is 5.75 Å². The van der Waals surface area contributed by atoms with Gasteiger partial charge in [-0.1, -0.05) is 11.6 Å². The first-order valence-electron chi connectivity index (χ1n) is 5.09. The molecule has 1 aromatic carbocycles. The van der Waals surface area contributed by atoms with Crippen LogP contribution in [0.1, 0.15) is 24.4 Å². The van der Waals surface area contributed by atoms with E-state index in [-0.39, 0.29) is 6.04 Å². The van der Waals surface area contributed by atoms with E-state index >= 15 is 0 Å². The SMILES string of the molecule is COc1cc2c(cc1Cl)NCCCC2N. The van der Waals surface area contributed by atoms with Crippen molar-refractivity contribution in [2.75, 3.05) is 19.0 Å². The van der Waals surface area contributed by atoms with Gasteiger partial charge in [0.15, 0.2) is 0 Å². The number of rotatable bonds is 1. The highest BCUT2D eigenvalue weighted by Gasteiger charge is 2.17. The first-order chi connectivity index (χ1) is 7.22. The van der Waals surface area contributed by atoms with E-state index in [1.807, 2.05) is 12.1 Å². The van der Waals surface area contributed by atoms with Crippen LogP contribution in [0.25, 0.3) is 0 Å². The Labute approximate surface area is 94.6 Å². The summed E-state index contributed by atoms with van der Waals surface area (Å²) in [6.07, 6.45) is 2.07. The summed E-state index contributed by atoms with van der Waals surface area (Å²) >= 11 is 6.06. The van der Waals surface area contributed by atoms with Crippen molar-refractivity contribution in [3.8, 4) is 5.75 Å². The molecule has 1 aromatic rings. The molecule has 0 saturated carbocycles. The summed E-state index contributed by atoms with van der Waals surface area (Å²) < 4.78 is 5.18. The van der Waals surface area contributed by atoms with Crippen molar-refractivity contribution >= 4 is 17.3 Å². The Kier molecular flexibility index (Phi) is 3.03. The van der Waals surface area contributed by atoms with E-state index in [2.05, 4.69) is 5.32 Å². The van der Waals surface area contributed by atoms with Crippen LogP contribution in [0.4, 0.5) is 5.69 Å². The summed E-state index contributed by atoms with van der Waals surface area (Å²) in [4.78, 5) is 0. The molecule has 1 heterocycles. The molecule has 3 N–H and O–H groups in total. The average molecular weight is 227 g/mol. The second kappa shape index (κ2) is 4.29. The van der Waals surface area contributed by atoms with Crippen molar-refractivity contribution in [3.05, 3.63) is 22.7 Å². The Morgan fingerprint density at radius 2 is 2.33 bits per heavy atom. The van der Waals surface area contributed by atoms with Crippen molar-refractivity contribution in [1.82, 2.24) is 0 Å². The first-order valence-corrected chi connectivity index (χ1v) is 5.47. The van der Waals surface area contributed by atoms with Gasteiger partial charge in [-0.3, -0.25) is 0 Å². The normalized spacial score (nSPS) is 20.1. The van der Waals surface area contributed by atoms with Crippen LogP contribution in [-0.4, -0.2) is 13.7 Å².